The van der Waals surface area contributed by atoms with Gasteiger partial charge in [0.1, 0.15) is 18.4 Å². The molecule has 10 heteroatoms. The molecular weight excluding hydrogens is 420 g/mol. The van der Waals surface area contributed by atoms with Crippen LogP contribution in [0.5, 0.6) is 0 Å². The molecule has 10 nitrogen and oxygen atoms in total. The van der Waals surface area contributed by atoms with Gasteiger partial charge in [-0.2, -0.15) is 0 Å². The number of nitro benzene ring substituents is 1. The maximum absolute atomic E-state index is 12.9. The number of hydrogen-bond acceptors (Lipinski definition) is 8. The number of esters is 1. The average Bonchev–Trinajstić information content (AvgIpc) is 2.75. The van der Waals surface area contributed by atoms with E-state index in [-0.39, 0.29) is 23.9 Å². The van der Waals surface area contributed by atoms with Crippen molar-refractivity contribution >= 4 is 23.7 Å². The molecule has 0 aromatic heterocycles. The highest BCUT2D eigenvalue weighted by Gasteiger charge is 2.53. The number of carbonyl (C=O) groups is 3. The first-order chi connectivity index (χ1) is 15.1. The second-order valence-corrected chi connectivity index (χ2v) is 7.45. The molecule has 0 saturated carbocycles. The number of likely N-dealkylation sites (tertiary alicyclic amines) is 1. The van der Waals surface area contributed by atoms with E-state index in [9.17, 15) is 24.5 Å². The SMILES string of the molecule is C=CC[C@@H]1[C@H]([C@H](C)OC(=O)OCc2ccc([N+](=O)[O-])cc2)C(=O)N1C(C(=O)OC)=C(C)C. The summed E-state index contributed by atoms with van der Waals surface area (Å²) >= 11 is 0. The highest BCUT2D eigenvalue weighted by atomic mass is 16.7. The Balaban J connectivity index is 2.02. The Labute approximate surface area is 185 Å². The summed E-state index contributed by atoms with van der Waals surface area (Å²) in [7, 11) is 1.24. The van der Waals surface area contributed by atoms with Crippen molar-refractivity contribution in [2.24, 2.45) is 5.92 Å². The topological polar surface area (TPSA) is 125 Å². The quantitative estimate of drug-likeness (QED) is 0.141. The predicted molar refractivity (Wildman–Crippen MR) is 113 cm³/mol. The highest BCUT2D eigenvalue weighted by molar-refractivity contribution is 5.99. The molecule has 1 aromatic rings. The van der Waals surface area contributed by atoms with Crippen molar-refractivity contribution < 1.29 is 33.5 Å². The average molecular weight is 446 g/mol. The Morgan fingerprint density at radius 2 is 1.91 bits per heavy atom. The molecule has 1 aliphatic rings. The molecule has 0 bridgehead atoms. The summed E-state index contributed by atoms with van der Waals surface area (Å²) in [5.74, 6) is -1.67. The molecule has 1 heterocycles. The van der Waals surface area contributed by atoms with Crippen LogP contribution in [0.2, 0.25) is 0 Å². The zero-order valence-electron chi connectivity index (χ0n) is 18.4. The standard InChI is InChI=1S/C22H26N2O8/c1-6-7-17-18(20(25)23(17)19(13(2)3)21(26)30-5)14(4)32-22(27)31-12-15-8-10-16(11-9-15)24(28)29/h6,8-11,14,17-18H,1,7,12H2,2-5H3/t14-,17+,18-/m0/s1. The number of carbonyl (C=O) groups excluding carboxylic acids is 3. The van der Waals surface area contributed by atoms with E-state index in [1.807, 2.05) is 0 Å². The zero-order valence-corrected chi connectivity index (χ0v) is 18.4. The lowest BCUT2D eigenvalue weighted by molar-refractivity contribution is -0.384. The molecule has 1 aromatic carbocycles. The van der Waals surface area contributed by atoms with Gasteiger partial charge < -0.3 is 19.1 Å². The van der Waals surface area contributed by atoms with E-state index in [0.717, 1.165) is 0 Å². The van der Waals surface area contributed by atoms with Crippen LogP contribution in [0.3, 0.4) is 0 Å². The van der Waals surface area contributed by atoms with Crippen LogP contribution in [0.1, 0.15) is 32.8 Å². The minimum absolute atomic E-state index is 0.0750. The Morgan fingerprint density at radius 3 is 2.41 bits per heavy atom. The normalized spacial score (nSPS) is 18.1. The Morgan fingerprint density at radius 1 is 1.28 bits per heavy atom. The van der Waals surface area contributed by atoms with Crippen molar-refractivity contribution in [3.05, 3.63) is 63.9 Å². The lowest BCUT2D eigenvalue weighted by atomic mass is 9.80. The van der Waals surface area contributed by atoms with Crippen LogP contribution in [0, 0.1) is 16.0 Å². The van der Waals surface area contributed by atoms with Crippen molar-refractivity contribution in [3.8, 4) is 0 Å². The third-order valence-corrected chi connectivity index (χ3v) is 5.06. The van der Waals surface area contributed by atoms with E-state index < -0.39 is 35.1 Å². The Bertz CT molecular complexity index is 934. The number of allylic oxidation sites excluding steroid dienone is 1. The van der Waals surface area contributed by atoms with Crippen LogP contribution in [-0.4, -0.2) is 47.1 Å². The lowest BCUT2D eigenvalue weighted by Crippen LogP contribution is -2.64. The molecule has 1 saturated heterocycles. The van der Waals surface area contributed by atoms with Gasteiger partial charge in [0.2, 0.25) is 5.91 Å². The zero-order chi connectivity index (χ0) is 24.0. The number of rotatable bonds is 9. The van der Waals surface area contributed by atoms with Crippen LogP contribution in [-0.2, 0) is 30.4 Å². The fraction of sp³-hybridized carbons (Fsp3) is 0.409. The molecule has 0 aliphatic carbocycles. The lowest BCUT2D eigenvalue weighted by Gasteiger charge is -2.49. The van der Waals surface area contributed by atoms with Gasteiger partial charge in [-0.15, -0.1) is 6.58 Å². The molecule has 0 N–H and O–H groups in total. The van der Waals surface area contributed by atoms with Gasteiger partial charge in [0, 0.05) is 12.1 Å². The van der Waals surface area contributed by atoms with Crippen molar-refractivity contribution in [1.29, 1.82) is 0 Å². The fourth-order valence-corrected chi connectivity index (χ4v) is 3.53. The maximum atomic E-state index is 12.9. The summed E-state index contributed by atoms with van der Waals surface area (Å²) in [6.45, 7) is 8.53. The van der Waals surface area contributed by atoms with Crippen molar-refractivity contribution in [2.75, 3.05) is 7.11 Å². The monoisotopic (exact) mass is 446 g/mol. The minimum Gasteiger partial charge on any atom is -0.464 e. The van der Waals surface area contributed by atoms with Gasteiger partial charge in [-0.3, -0.25) is 14.9 Å². The molecule has 2 rings (SSSR count). The molecule has 1 amide bonds. The van der Waals surface area contributed by atoms with Crippen molar-refractivity contribution in [3.63, 3.8) is 0 Å². The smallest absolute Gasteiger partial charge is 0.464 e. The third kappa shape index (κ3) is 5.32. The Hall–Kier alpha value is -3.69. The summed E-state index contributed by atoms with van der Waals surface area (Å²) < 4.78 is 15.1. The summed E-state index contributed by atoms with van der Waals surface area (Å²) in [4.78, 5) is 48.7. The number of ether oxygens (including phenoxy) is 3. The van der Waals surface area contributed by atoms with E-state index in [1.54, 1.807) is 26.8 Å². The second-order valence-electron chi connectivity index (χ2n) is 7.45. The molecule has 32 heavy (non-hydrogen) atoms. The molecule has 0 radical (unpaired) electrons. The van der Waals surface area contributed by atoms with Crippen LogP contribution in [0.4, 0.5) is 10.5 Å². The van der Waals surface area contributed by atoms with E-state index in [4.69, 9.17) is 14.2 Å². The molecule has 1 aliphatic heterocycles. The third-order valence-electron chi connectivity index (χ3n) is 5.06. The van der Waals surface area contributed by atoms with E-state index in [0.29, 0.717) is 17.6 Å². The van der Waals surface area contributed by atoms with Gasteiger partial charge in [0.15, 0.2) is 0 Å². The second kappa shape index (κ2) is 10.6. The van der Waals surface area contributed by atoms with E-state index >= 15 is 0 Å². The van der Waals surface area contributed by atoms with Crippen LogP contribution >= 0.6 is 0 Å². The fourth-order valence-electron chi connectivity index (χ4n) is 3.53. The van der Waals surface area contributed by atoms with Gasteiger partial charge in [0.05, 0.1) is 24.0 Å². The first-order valence-electron chi connectivity index (χ1n) is 9.88. The number of hydrogen-bond donors (Lipinski definition) is 0. The number of amides is 1. The largest absolute Gasteiger partial charge is 0.508 e. The molecular formula is C22H26N2O8. The van der Waals surface area contributed by atoms with Crippen molar-refractivity contribution in [2.45, 2.75) is 45.9 Å². The summed E-state index contributed by atoms with van der Waals surface area (Å²) in [5.41, 5.74) is 1.25. The Kier molecular flexibility index (Phi) is 8.11. The highest BCUT2D eigenvalue weighted by Crippen LogP contribution is 2.38. The maximum Gasteiger partial charge on any atom is 0.508 e. The molecule has 0 spiro atoms. The number of benzene rings is 1. The van der Waals surface area contributed by atoms with Gasteiger partial charge in [-0.1, -0.05) is 6.08 Å². The van der Waals surface area contributed by atoms with Crippen LogP contribution < -0.4 is 0 Å². The molecule has 0 unspecified atom stereocenters. The number of non-ortho nitro benzene ring substituents is 1. The number of nitro groups is 1. The van der Waals surface area contributed by atoms with Gasteiger partial charge in [-0.05, 0) is 50.5 Å². The first kappa shape index (κ1) is 24.6. The molecule has 172 valence electrons. The van der Waals surface area contributed by atoms with Crippen molar-refractivity contribution in [1.82, 2.24) is 4.90 Å². The molecule has 1 fully saturated rings. The number of nitrogens with zero attached hydrogens (tertiary/aromatic N) is 2. The summed E-state index contributed by atoms with van der Waals surface area (Å²) in [6, 6.07) is 5.11. The summed E-state index contributed by atoms with van der Waals surface area (Å²) in [6.07, 6.45) is 0.214. The predicted octanol–water partition coefficient (Wildman–Crippen LogP) is 3.51. The first-order valence-corrected chi connectivity index (χ1v) is 9.88. The summed E-state index contributed by atoms with van der Waals surface area (Å²) in [5, 5.41) is 10.7. The van der Waals surface area contributed by atoms with Gasteiger partial charge >= 0.3 is 12.1 Å². The molecule has 3 atom stereocenters. The van der Waals surface area contributed by atoms with E-state index in [2.05, 4.69) is 6.58 Å². The number of β-lactam (4-membered cyclic amide) rings is 1. The minimum atomic E-state index is -0.977. The van der Waals surface area contributed by atoms with Gasteiger partial charge in [-0.25, -0.2) is 9.59 Å². The van der Waals surface area contributed by atoms with Gasteiger partial charge in [0.25, 0.3) is 5.69 Å². The van der Waals surface area contributed by atoms with E-state index in [1.165, 1.54) is 36.3 Å². The van der Waals surface area contributed by atoms with Crippen LogP contribution in [0.15, 0.2) is 48.2 Å². The number of methoxy groups -OCH3 is 1. The van der Waals surface area contributed by atoms with Crippen LogP contribution in [0.25, 0.3) is 0 Å².